The van der Waals surface area contributed by atoms with Crippen LogP contribution in [-0.2, 0) is 14.8 Å². The summed E-state index contributed by atoms with van der Waals surface area (Å²) in [4.78, 5) is 24.8. The van der Waals surface area contributed by atoms with Gasteiger partial charge < -0.3 is 14.8 Å². The van der Waals surface area contributed by atoms with Crippen molar-refractivity contribution in [2.24, 2.45) is 0 Å². The van der Waals surface area contributed by atoms with E-state index >= 15 is 0 Å². The third kappa shape index (κ3) is 3.40. The first-order chi connectivity index (χ1) is 13.2. The fourth-order valence-electron chi connectivity index (χ4n) is 3.14. The number of sulfonamides is 1. The third-order valence-electron chi connectivity index (χ3n) is 4.30. The Balaban J connectivity index is 1.88. The van der Waals surface area contributed by atoms with Crippen molar-refractivity contribution >= 4 is 27.5 Å². The molecule has 28 heavy (non-hydrogen) atoms. The van der Waals surface area contributed by atoms with Gasteiger partial charge >= 0.3 is 0 Å². The number of fused-ring (bicyclic) bond motifs is 1. The Bertz CT molecular complexity index is 1060. The van der Waals surface area contributed by atoms with Crippen LogP contribution in [0, 0.1) is 13.8 Å². The molecule has 1 aliphatic rings. The number of carbonyl (C=O) groups excluding carboxylic acids is 2. The van der Waals surface area contributed by atoms with E-state index in [9.17, 15) is 18.0 Å². The van der Waals surface area contributed by atoms with E-state index < -0.39 is 28.4 Å². The number of anilines is 1. The molecule has 2 amide bonds. The van der Waals surface area contributed by atoms with Crippen LogP contribution in [0.25, 0.3) is 0 Å². The lowest BCUT2D eigenvalue weighted by molar-refractivity contribution is -0.116. The summed E-state index contributed by atoms with van der Waals surface area (Å²) in [6, 6.07) is 7.99. The topological polar surface area (TPSA) is 102 Å². The van der Waals surface area contributed by atoms with Gasteiger partial charge in [-0.05, 0) is 43.2 Å². The zero-order chi connectivity index (χ0) is 20.6. The van der Waals surface area contributed by atoms with Crippen molar-refractivity contribution < 1.29 is 27.5 Å². The van der Waals surface area contributed by atoms with E-state index in [1.807, 2.05) is 19.9 Å². The molecule has 0 saturated carbocycles. The lowest BCUT2D eigenvalue weighted by Gasteiger charge is -2.15. The van der Waals surface area contributed by atoms with Gasteiger partial charge in [-0.3, -0.25) is 9.59 Å². The number of amides is 2. The predicted molar refractivity (Wildman–Crippen MR) is 102 cm³/mol. The Morgan fingerprint density at radius 3 is 2.14 bits per heavy atom. The van der Waals surface area contributed by atoms with E-state index in [1.165, 1.54) is 26.4 Å². The molecule has 0 aromatic heterocycles. The molecule has 0 atom stereocenters. The number of aryl methyl sites for hydroxylation is 2. The maximum Gasteiger partial charge on any atom is 0.269 e. The minimum absolute atomic E-state index is 0.0585. The Morgan fingerprint density at radius 2 is 1.57 bits per heavy atom. The smallest absolute Gasteiger partial charge is 0.269 e. The van der Waals surface area contributed by atoms with Gasteiger partial charge in [-0.1, -0.05) is 6.07 Å². The number of benzene rings is 2. The van der Waals surface area contributed by atoms with E-state index in [0.29, 0.717) is 9.99 Å². The van der Waals surface area contributed by atoms with Gasteiger partial charge in [-0.2, -0.15) is 0 Å². The summed E-state index contributed by atoms with van der Waals surface area (Å²) in [6.07, 6.45) is 0. The summed E-state index contributed by atoms with van der Waals surface area (Å²) in [5, 5.41) is 2.63. The molecule has 0 unspecified atom stereocenters. The molecule has 1 heterocycles. The van der Waals surface area contributed by atoms with Crippen LogP contribution in [0.1, 0.15) is 21.5 Å². The van der Waals surface area contributed by atoms with Gasteiger partial charge in [0.25, 0.3) is 15.9 Å². The number of hydrogen-bond acceptors (Lipinski definition) is 6. The number of nitrogens with one attached hydrogen (secondary N) is 1. The summed E-state index contributed by atoms with van der Waals surface area (Å²) in [5.74, 6) is -0.995. The summed E-state index contributed by atoms with van der Waals surface area (Å²) in [6.45, 7) is 3.14. The molecule has 0 spiro atoms. The van der Waals surface area contributed by atoms with Gasteiger partial charge in [0, 0.05) is 11.8 Å². The maximum absolute atomic E-state index is 12.8. The zero-order valence-electron chi connectivity index (χ0n) is 15.9. The highest BCUT2D eigenvalue weighted by Crippen LogP contribution is 2.38. The molecule has 0 radical (unpaired) electrons. The average Bonchev–Trinajstić information content (AvgIpc) is 2.80. The second kappa shape index (κ2) is 7.16. The Labute approximate surface area is 163 Å². The van der Waals surface area contributed by atoms with Crippen LogP contribution in [0.4, 0.5) is 5.69 Å². The van der Waals surface area contributed by atoms with Crippen molar-refractivity contribution in [3.05, 3.63) is 47.0 Å². The minimum Gasteiger partial charge on any atom is -0.493 e. The van der Waals surface area contributed by atoms with Crippen molar-refractivity contribution in [2.45, 2.75) is 18.7 Å². The summed E-state index contributed by atoms with van der Waals surface area (Å²) < 4.78 is 36.4. The SMILES string of the molecule is COc1cc2c(cc1OC)S(=O)(=O)N(CC(=O)Nc1cc(C)cc(C)c1)C2=O. The number of carbonyl (C=O) groups is 2. The molecule has 3 rings (SSSR count). The second-order valence-electron chi connectivity index (χ2n) is 6.44. The highest BCUT2D eigenvalue weighted by molar-refractivity contribution is 7.90. The number of methoxy groups -OCH3 is 2. The fraction of sp³-hybridized carbons (Fsp3) is 0.263. The summed E-state index contributed by atoms with van der Waals surface area (Å²) in [7, 11) is -1.42. The van der Waals surface area contributed by atoms with E-state index in [-0.39, 0.29) is 22.0 Å². The van der Waals surface area contributed by atoms with Gasteiger partial charge in [-0.15, -0.1) is 0 Å². The Hall–Kier alpha value is -3.07. The van der Waals surface area contributed by atoms with Crippen LogP contribution < -0.4 is 14.8 Å². The first-order valence-electron chi connectivity index (χ1n) is 8.38. The molecule has 148 valence electrons. The molecule has 0 bridgehead atoms. The first-order valence-corrected chi connectivity index (χ1v) is 9.82. The molecule has 0 aliphatic carbocycles. The molecule has 9 heteroatoms. The van der Waals surface area contributed by atoms with Gasteiger partial charge in [0.1, 0.15) is 11.4 Å². The average molecular weight is 404 g/mol. The fourth-order valence-corrected chi connectivity index (χ4v) is 4.66. The van der Waals surface area contributed by atoms with E-state index in [2.05, 4.69) is 5.32 Å². The lowest BCUT2D eigenvalue weighted by Crippen LogP contribution is -2.37. The Morgan fingerprint density at radius 1 is 1.00 bits per heavy atom. The molecule has 1 aliphatic heterocycles. The molecule has 0 fully saturated rings. The van der Waals surface area contributed by atoms with Crippen LogP contribution in [-0.4, -0.2) is 45.3 Å². The number of hydrogen-bond donors (Lipinski definition) is 1. The first kappa shape index (κ1) is 19.7. The quantitative estimate of drug-likeness (QED) is 0.819. The van der Waals surface area contributed by atoms with Crippen LogP contribution in [0.3, 0.4) is 0 Å². The van der Waals surface area contributed by atoms with Crippen molar-refractivity contribution in [1.29, 1.82) is 0 Å². The minimum atomic E-state index is -4.17. The zero-order valence-corrected chi connectivity index (χ0v) is 16.7. The maximum atomic E-state index is 12.8. The highest BCUT2D eigenvalue weighted by atomic mass is 32.2. The van der Waals surface area contributed by atoms with Gasteiger partial charge in [-0.25, -0.2) is 12.7 Å². The predicted octanol–water partition coefficient (Wildman–Crippen LogP) is 2.10. The summed E-state index contributed by atoms with van der Waals surface area (Å²) >= 11 is 0. The third-order valence-corrected chi connectivity index (χ3v) is 6.07. The molecule has 1 N–H and O–H groups in total. The monoisotopic (exact) mass is 404 g/mol. The molecule has 2 aromatic carbocycles. The van der Waals surface area contributed by atoms with E-state index in [1.54, 1.807) is 12.1 Å². The lowest BCUT2D eigenvalue weighted by atomic mass is 10.1. The molecular formula is C19H20N2O6S. The van der Waals surface area contributed by atoms with Gasteiger partial charge in [0.05, 0.1) is 19.8 Å². The van der Waals surface area contributed by atoms with Crippen molar-refractivity contribution in [3.8, 4) is 11.5 Å². The second-order valence-corrected chi connectivity index (χ2v) is 8.28. The molecule has 2 aromatic rings. The summed E-state index contributed by atoms with van der Waals surface area (Å²) in [5.41, 5.74) is 2.38. The van der Waals surface area contributed by atoms with Crippen LogP contribution in [0.2, 0.25) is 0 Å². The highest BCUT2D eigenvalue weighted by Gasteiger charge is 2.43. The van der Waals surface area contributed by atoms with Crippen molar-refractivity contribution in [2.75, 3.05) is 26.1 Å². The molecular weight excluding hydrogens is 384 g/mol. The number of ether oxygens (including phenoxy) is 2. The van der Waals surface area contributed by atoms with Crippen molar-refractivity contribution in [3.63, 3.8) is 0 Å². The van der Waals surface area contributed by atoms with E-state index in [4.69, 9.17) is 9.47 Å². The standard InChI is InChI=1S/C19H20N2O6S/c1-11-5-12(2)7-13(6-11)20-18(22)10-21-19(23)14-8-15(26-3)16(27-4)9-17(14)28(21,24)25/h5-9H,10H2,1-4H3,(H,20,22). The van der Waals surface area contributed by atoms with Crippen molar-refractivity contribution in [1.82, 2.24) is 4.31 Å². The van der Waals surface area contributed by atoms with Crippen LogP contribution >= 0.6 is 0 Å². The Kier molecular flexibility index (Phi) is 5.03. The number of nitrogens with zero attached hydrogens (tertiary/aromatic N) is 1. The van der Waals surface area contributed by atoms with Gasteiger partial charge in [0.2, 0.25) is 5.91 Å². The molecule has 0 saturated heterocycles. The van der Waals surface area contributed by atoms with E-state index in [0.717, 1.165) is 11.1 Å². The van der Waals surface area contributed by atoms with Crippen LogP contribution in [0.5, 0.6) is 11.5 Å². The number of rotatable bonds is 5. The normalized spacial score (nSPS) is 14.6. The largest absolute Gasteiger partial charge is 0.493 e. The van der Waals surface area contributed by atoms with Gasteiger partial charge in [0.15, 0.2) is 11.5 Å². The molecule has 8 nitrogen and oxygen atoms in total. The van der Waals surface area contributed by atoms with Crippen LogP contribution in [0.15, 0.2) is 35.2 Å².